The zero-order valence-electron chi connectivity index (χ0n) is 17.8. The molecule has 0 spiro atoms. The molecule has 160 valence electrons. The summed E-state index contributed by atoms with van der Waals surface area (Å²) in [6.45, 7) is 2.54. The molecule has 0 radical (unpaired) electrons. The molecule has 5 aromatic rings. The van der Waals surface area contributed by atoms with Crippen LogP contribution in [0.4, 0.5) is 0 Å². The number of hydrogen-bond acceptors (Lipinski definition) is 8. The van der Waals surface area contributed by atoms with Gasteiger partial charge in [0.05, 0.1) is 14.2 Å². The van der Waals surface area contributed by atoms with Gasteiger partial charge in [-0.05, 0) is 34.0 Å². The summed E-state index contributed by atoms with van der Waals surface area (Å²) < 4.78 is 12.8. The molecule has 5 rings (SSSR count). The Morgan fingerprint density at radius 3 is 2.28 bits per heavy atom. The van der Waals surface area contributed by atoms with Gasteiger partial charge in [-0.15, -0.1) is 15.3 Å². The molecule has 0 unspecified atom stereocenters. The van der Waals surface area contributed by atoms with E-state index in [0.29, 0.717) is 29.6 Å². The number of ether oxygens (including phenoxy) is 2. The largest absolute Gasteiger partial charge is 0.478 e. The normalized spacial score (nSPS) is 11.1. The van der Waals surface area contributed by atoms with Gasteiger partial charge in [0.15, 0.2) is 11.3 Å². The Kier molecular flexibility index (Phi) is 4.94. The Morgan fingerprint density at radius 1 is 0.875 bits per heavy atom. The van der Waals surface area contributed by atoms with E-state index in [1.807, 2.05) is 25.1 Å². The molecule has 0 atom stereocenters. The molecule has 0 aliphatic heterocycles. The van der Waals surface area contributed by atoms with Gasteiger partial charge < -0.3 is 14.0 Å². The molecule has 0 fully saturated rings. The number of aromatic amines is 1. The molecular weight excluding hydrogens is 408 g/mol. The van der Waals surface area contributed by atoms with Gasteiger partial charge in [-0.2, -0.15) is 0 Å². The van der Waals surface area contributed by atoms with Crippen molar-refractivity contribution < 1.29 is 9.47 Å². The summed E-state index contributed by atoms with van der Waals surface area (Å²) in [5.41, 5.74) is 5.54. The molecule has 32 heavy (non-hydrogen) atoms. The Hall–Kier alpha value is -4.34. The SMILES string of the molecule is COc1nnc(OC)c2c1nc(C)n2Cc1ccc(-c2ccccc2-c2nnn[nH]2)cc1. The Labute approximate surface area is 183 Å². The van der Waals surface area contributed by atoms with Crippen molar-refractivity contribution in [1.29, 1.82) is 0 Å². The summed E-state index contributed by atoms with van der Waals surface area (Å²) in [6.07, 6.45) is 0. The van der Waals surface area contributed by atoms with E-state index in [9.17, 15) is 0 Å². The predicted molar refractivity (Wildman–Crippen MR) is 117 cm³/mol. The minimum atomic E-state index is 0.372. The maximum Gasteiger partial charge on any atom is 0.261 e. The van der Waals surface area contributed by atoms with Crippen LogP contribution in [0.15, 0.2) is 48.5 Å². The summed E-state index contributed by atoms with van der Waals surface area (Å²) in [6, 6.07) is 16.4. The number of aromatic nitrogens is 8. The molecule has 0 aliphatic rings. The molecule has 10 heteroatoms. The van der Waals surface area contributed by atoms with Gasteiger partial charge in [-0.3, -0.25) is 0 Å². The molecule has 0 aliphatic carbocycles. The maximum atomic E-state index is 5.44. The molecule has 0 bridgehead atoms. The van der Waals surface area contributed by atoms with Crippen LogP contribution in [0.2, 0.25) is 0 Å². The molecule has 0 saturated heterocycles. The molecule has 1 N–H and O–H groups in total. The number of fused-ring (bicyclic) bond motifs is 1. The van der Waals surface area contributed by atoms with Crippen molar-refractivity contribution in [3.05, 3.63) is 59.9 Å². The second-order valence-electron chi connectivity index (χ2n) is 7.15. The van der Waals surface area contributed by atoms with Gasteiger partial charge in [0.2, 0.25) is 0 Å². The average molecular weight is 428 g/mol. The second kappa shape index (κ2) is 8.06. The number of hydrogen-bond donors (Lipinski definition) is 1. The number of nitrogens with one attached hydrogen (secondary N) is 1. The first-order valence-electron chi connectivity index (χ1n) is 9.93. The van der Waals surface area contributed by atoms with Gasteiger partial charge in [-0.1, -0.05) is 48.5 Å². The van der Waals surface area contributed by atoms with Crippen LogP contribution in [0, 0.1) is 6.92 Å². The molecule has 0 saturated carbocycles. The Bertz CT molecular complexity index is 1380. The Morgan fingerprint density at radius 2 is 1.59 bits per heavy atom. The topological polar surface area (TPSA) is 117 Å². The fraction of sp³-hybridized carbons (Fsp3) is 0.182. The summed E-state index contributed by atoms with van der Waals surface area (Å²) in [7, 11) is 3.12. The zero-order valence-corrected chi connectivity index (χ0v) is 17.8. The van der Waals surface area contributed by atoms with E-state index in [1.54, 1.807) is 14.2 Å². The lowest BCUT2D eigenvalue weighted by Gasteiger charge is -2.11. The lowest BCUT2D eigenvalue weighted by atomic mass is 9.98. The number of aryl methyl sites for hydroxylation is 1. The van der Waals surface area contributed by atoms with E-state index >= 15 is 0 Å². The summed E-state index contributed by atoms with van der Waals surface area (Å²) in [5.74, 6) is 2.23. The average Bonchev–Trinajstić information content (AvgIpc) is 3.48. The van der Waals surface area contributed by atoms with Gasteiger partial charge in [0, 0.05) is 12.1 Å². The lowest BCUT2D eigenvalue weighted by Crippen LogP contribution is -2.04. The van der Waals surface area contributed by atoms with Crippen molar-refractivity contribution in [2.24, 2.45) is 0 Å². The molecule has 3 aromatic heterocycles. The highest BCUT2D eigenvalue weighted by atomic mass is 16.5. The van der Waals surface area contributed by atoms with Crippen LogP contribution in [0.1, 0.15) is 11.4 Å². The number of benzene rings is 2. The number of H-pyrrole nitrogens is 1. The van der Waals surface area contributed by atoms with Crippen LogP contribution >= 0.6 is 0 Å². The lowest BCUT2D eigenvalue weighted by molar-refractivity contribution is 0.374. The van der Waals surface area contributed by atoms with Crippen molar-refractivity contribution in [2.75, 3.05) is 14.2 Å². The minimum absolute atomic E-state index is 0.372. The monoisotopic (exact) mass is 428 g/mol. The molecule has 3 heterocycles. The first kappa shape index (κ1) is 19.6. The van der Waals surface area contributed by atoms with Crippen molar-refractivity contribution in [2.45, 2.75) is 13.5 Å². The first-order valence-corrected chi connectivity index (χ1v) is 9.93. The van der Waals surface area contributed by atoms with E-state index in [1.165, 1.54) is 0 Å². The molecular formula is C22H20N8O2. The predicted octanol–water partition coefficient (Wildman–Crippen LogP) is 3.05. The zero-order chi connectivity index (χ0) is 22.1. The number of imidazole rings is 1. The highest BCUT2D eigenvalue weighted by molar-refractivity contribution is 5.85. The van der Waals surface area contributed by atoms with Crippen molar-refractivity contribution in [3.63, 3.8) is 0 Å². The third-order valence-corrected chi connectivity index (χ3v) is 5.32. The molecule has 10 nitrogen and oxygen atoms in total. The van der Waals surface area contributed by atoms with Crippen LogP contribution < -0.4 is 9.47 Å². The second-order valence-corrected chi connectivity index (χ2v) is 7.15. The fourth-order valence-electron chi connectivity index (χ4n) is 3.77. The van der Waals surface area contributed by atoms with Crippen molar-refractivity contribution >= 4 is 11.0 Å². The highest BCUT2D eigenvalue weighted by Gasteiger charge is 2.19. The molecule has 2 aromatic carbocycles. The van der Waals surface area contributed by atoms with E-state index < -0.39 is 0 Å². The van der Waals surface area contributed by atoms with E-state index in [-0.39, 0.29) is 0 Å². The smallest absolute Gasteiger partial charge is 0.261 e. The fourth-order valence-corrected chi connectivity index (χ4v) is 3.77. The van der Waals surface area contributed by atoms with Gasteiger partial charge in [0.1, 0.15) is 11.3 Å². The van der Waals surface area contributed by atoms with Crippen LogP contribution in [-0.4, -0.2) is 54.6 Å². The minimum Gasteiger partial charge on any atom is -0.478 e. The third kappa shape index (κ3) is 3.31. The standard InChI is InChI=1S/C22H20N8O2/c1-13-23-18-19(22(32-3)27-26-21(18)31-2)30(13)12-14-8-10-15(11-9-14)16-6-4-5-7-17(16)20-24-28-29-25-20/h4-11H,12H2,1-3H3,(H,24,25,28,29). The number of rotatable bonds is 6. The Balaban J connectivity index is 1.51. The maximum absolute atomic E-state index is 5.44. The number of nitrogens with zero attached hydrogens (tertiary/aromatic N) is 7. The quantitative estimate of drug-likeness (QED) is 0.439. The first-order chi connectivity index (χ1) is 15.7. The van der Waals surface area contributed by atoms with Crippen molar-refractivity contribution in [3.8, 4) is 34.3 Å². The van der Waals surface area contributed by atoms with Crippen LogP contribution in [0.3, 0.4) is 0 Å². The van der Waals surface area contributed by atoms with E-state index in [4.69, 9.17) is 9.47 Å². The van der Waals surface area contributed by atoms with Crippen molar-refractivity contribution in [1.82, 2.24) is 40.4 Å². The van der Waals surface area contributed by atoms with E-state index in [2.05, 4.69) is 70.7 Å². The number of tetrazole rings is 1. The third-order valence-electron chi connectivity index (χ3n) is 5.32. The van der Waals surface area contributed by atoms with Gasteiger partial charge in [0.25, 0.3) is 11.8 Å². The highest BCUT2D eigenvalue weighted by Crippen LogP contribution is 2.32. The van der Waals surface area contributed by atoms with Crippen LogP contribution in [-0.2, 0) is 6.54 Å². The van der Waals surface area contributed by atoms with E-state index in [0.717, 1.165) is 33.6 Å². The summed E-state index contributed by atoms with van der Waals surface area (Å²) in [4.78, 5) is 4.63. The van der Waals surface area contributed by atoms with Crippen LogP contribution in [0.25, 0.3) is 33.5 Å². The van der Waals surface area contributed by atoms with Gasteiger partial charge >= 0.3 is 0 Å². The summed E-state index contributed by atoms with van der Waals surface area (Å²) in [5, 5.41) is 22.4. The number of methoxy groups -OCH3 is 2. The van der Waals surface area contributed by atoms with Crippen LogP contribution in [0.5, 0.6) is 11.8 Å². The molecule has 0 amide bonds. The summed E-state index contributed by atoms with van der Waals surface area (Å²) >= 11 is 0. The van der Waals surface area contributed by atoms with Gasteiger partial charge in [-0.25, -0.2) is 10.1 Å².